The molecule has 3 heteroatoms. The van der Waals surface area contributed by atoms with Gasteiger partial charge in [-0.3, -0.25) is 0 Å². The summed E-state index contributed by atoms with van der Waals surface area (Å²) in [4.78, 5) is 1.25. The Balaban J connectivity index is 2.61. The molecule has 1 rings (SSSR count). The molecule has 0 amide bonds. The molecular formula is C14H22O2S. The Bertz CT molecular complexity index is 349. The van der Waals surface area contributed by atoms with Crippen LogP contribution in [0, 0.1) is 0 Å². The minimum Gasteiger partial charge on any atom is -0.387 e. The molecule has 0 spiro atoms. The molecule has 0 aliphatic heterocycles. The largest absolute Gasteiger partial charge is 0.387 e. The lowest BCUT2D eigenvalue weighted by Crippen LogP contribution is -2.47. The van der Waals surface area contributed by atoms with E-state index in [1.165, 1.54) is 4.90 Å². The number of aliphatic hydroxyl groups is 1. The van der Waals surface area contributed by atoms with E-state index >= 15 is 0 Å². The van der Waals surface area contributed by atoms with Crippen molar-refractivity contribution >= 4 is 11.8 Å². The molecule has 0 unspecified atom stereocenters. The summed E-state index contributed by atoms with van der Waals surface area (Å²) in [6.07, 6.45) is 2.06. The lowest BCUT2D eigenvalue weighted by atomic mass is 9.89. The first-order valence-electron chi connectivity index (χ1n) is 5.75. The number of thioether (sulfide) groups is 1. The monoisotopic (exact) mass is 254 g/mol. The molecule has 1 aromatic rings. The maximum absolute atomic E-state index is 9.98. The van der Waals surface area contributed by atoms with Crippen LogP contribution in [0.2, 0.25) is 0 Å². The second kappa shape index (κ2) is 5.42. The van der Waals surface area contributed by atoms with Crippen molar-refractivity contribution in [2.24, 2.45) is 0 Å². The minimum absolute atomic E-state index is 0.519. The van der Waals surface area contributed by atoms with Crippen LogP contribution in [0.25, 0.3) is 0 Å². The first kappa shape index (κ1) is 14.6. The van der Waals surface area contributed by atoms with Crippen molar-refractivity contribution in [1.29, 1.82) is 0 Å². The van der Waals surface area contributed by atoms with Crippen molar-refractivity contribution in [3.8, 4) is 0 Å². The average molecular weight is 254 g/mol. The van der Waals surface area contributed by atoms with Gasteiger partial charge in [-0.15, -0.1) is 11.8 Å². The molecule has 0 saturated heterocycles. The van der Waals surface area contributed by atoms with Crippen molar-refractivity contribution < 1.29 is 9.84 Å². The highest BCUT2D eigenvalue weighted by atomic mass is 32.2. The molecule has 0 saturated carbocycles. The van der Waals surface area contributed by atoms with Crippen molar-refractivity contribution in [2.75, 3.05) is 6.26 Å². The molecule has 0 radical (unpaired) electrons. The third-order valence-corrected chi connectivity index (χ3v) is 3.98. The minimum atomic E-state index is -0.855. The van der Waals surface area contributed by atoms with Gasteiger partial charge >= 0.3 is 0 Å². The highest BCUT2D eigenvalue weighted by molar-refractivity contribution is 7.98. The SMILES string of the molecule is CSc1ccc(COC(C)(C)C(C)(C)O)cc1. The van der Waals surface area contributed by atoms with Crippen molar-refractivity contribution in [1.82, 2.24) is 0 Å². The van der Waals surface area contributed by atoms with E-state index in [9.17, 15) is 5.11 Å². The molecule has 0 heterocycles. The van der Waals surface area contributed by atoms with Crippen LogP contribution in [0.3, 0.4) is 0 Å². The van der Waals surface area contributed by atoms with Gasteiger partial charge in [0.25, 0.3) is 0 Å². The van der Waals surface area contributed by atoms with E-state index in [2.05, 4.69) is 30.5 Å². The predicted octanol–water partition coefficient (Wildman–Crippen LogP) is 3.47. The summed E-state index contributed by atoms with van der Waals surface area (Å²) in [5, 5.41) is 9.98. The Hall–Kier alpha value is -0.510. The Morgan fingerprint density at radius 3 is 2.06 bits per heavy atom. The summed E-state index contributed by atoms with van der Waals surface area (Å²) < 4.78 is 5.80. The first-order chi connectivity index (χ1) is 7.76. The van der Waals surface area contributed by atoms with Gasteiger partial charge in [-0.05, 0) is 51.6 Å². The van der Waals surface area contributed by atoms with E-state index in [0.29, 0.717) is 6.61 Å². The first-order valence-corrected chi connectivity index (χ1v) is 6.98. The molecule has 2 nitrogen and oxygen atoms in total. The van der Waals surface area contributed by atoms with E-state index in [1.807, 2.05) is 13.8 Å². The number of benzene rings is 1. The van der Waals surface area contributed by atoms with Crippen LogP contribution in [0.15, 0.2) is 29.2 Å². The van der Waals surface area contributed by atoms with Gasteiger partial charge in [0.05, 0.1) is 17.8 Å². The Labute approximate surface area is 108 Å². The third-order valence-electron chi connectivity index (χ3n) is 3.23. The fourth-order valence-electron chi connectivity index (χ4n) is 1.16. The zero-order chi connectivity index (χ0) is 13.1. The number of hydrogen-bond donors (Lipinski definition) is 1. The van der Waals surface area contributed by atoms with Crippen LogP contribution in [0.4, 0.5) is 0 Å². The fraction of sp³-hybridized carbons (Fsp3) is 0.571. The zero-order valence-corrected chi connectivity index (χ0v) is 12.1. The molecule has 1 N–H and O–H groups in total. The zero-order valence-electron chi connectivity index (χ0n) is 11.3. The van der Waals surface area contributed by atoms with Gasteiger partial charge < -0.3 is 9.84 Å². The molecule has 0 fully saturated rings. The second-order valence-corrected chi connectivity index (χ2v) is 6.09. The van der Waals surface area contributed by atoms with Crippen LogP contribution in [0.1, 0.15) is 33.3 Å². The molecule has 0 aliphatic carbocycles. The van der Waals surface area contributed by atoms with Crippen LogP contribution >= 0.6 is 11.8 Å². The summed E-state index contributed by atoms with van der Waals surface area (Å²) >= 11 is 1.72. The van der Waals surface area contributed by atoms with Gasteiger partial charge in [0, 0.05) is 4.90 Å². The standard InChI is InChI=1S/C14H22O2S/c1-13(2,15)14(3,4)16-10-11-6-8-12(17-5)9-7-11/h6-9,15H,10H2,1-5H3. The summed E-state index contributed by atoms with van der Waals surface area (Å²) in [5.41, 5.74) is -0.294. The lowest BCUT2D eigenvalue weighted by molar-refractivity contribution is -0.153. The van der Waals surface area contributed by atoms with E-state index in [1.54, 1.807) is 25.6 Å². The van der Waals surface area contributed by atoms with Crippen LogP contribution in [0.5, 0.6) is 0 Å². The van der Waals surface area contributed by atoms with Crippen LogP contribution in [-0.4, -0.2) is 22.6 Å². The molecule has 0 atom stereocenters. The fourth-order valence-corrected chi connectivity index (χ4v) is 1.57. The second-order valence-electron chi connectivity index (χ2n) is 5.21. The number of hydrogen-bond acceptors (Lipinski definition) is 3. The maximum Gasteiger partial charge on any atom is 0.0911 e. The summed E-state index contributed by atoms with van der Waals surface area (Å²) in [6, 6.07) is 8.29. The highest BCUT2D eigenvalue weighted by Crippen LogP contribution is 2.26. The Kier molecular flexibility index (Phi) is 4.64. The molecule has 96 valence electrons. The van der Waals surface area contributed by atoms with Gasteiger partial charge in [0.15, 0.2) is 0 Å². The van der Waals surface area contributed by atoms with E-state index < -0.39 is 11.2 Å². The van der Waals surface area contributed by atoms with Gasteiger partial charge in [0.1, 0.15) is 0 Å². The molecule has 0 aliphatic rings. The third kappa shape index (κ3) is 4.02. The van der Waals surface area contributed by atoms with Crippen molar-refractivity contribution in [3.63, 3.8) is 0 Å². The van der Waals surface area contributed by atoms with Gasteiger partial charge in [0.2, 0.25) is 0 Å². The summed E-state index contributed by atoms with van der Waals surface area (Å²) in [6.45, 7) is 7.87. The van der Waals surface area contributed by atoms with Gasteiger partial charge in [-0.2, -0.15) is 0 Å². The lowest BCUT2D eigenvalue weighted by Gasteiger charge is -2.37. The van der Waals surface area contributed by atoms with E-state index in [-0.39, 0.29) is 0 Å². The van der Waals surface area contributed by atoms with Crippen LogP contribution < -0.4 is 0 Å². The molecule has 0 aromatic heterocycles. The van der Waals surface area contributed by atoms with Crippen LogP contribution in [-0.2, 0) is 11.3 Å². The smallest absolute Gasteiger partial charge is 0.0911 e. The highest BCUT2D eigenvalue weighted by Gasteiger charge is 2.35. The van der Waals surface area contributed by atoms with E-state index in [0.717, 1.165) is 5.56 Å². The predicted molar refractivity (Wildman–Crippen MR) is 73.4 cm³/mol. The normalized spacial score (nSPS) is 12.8. The van der Waals surface area contributed by atoms with Gasteiger partial charge in [-0.1, -0.05) is 12.1 Å². The summed E-state index contributed by atoms with van der Waals surface area (Å²) in [5.74, 6) is 0. The van der Waals surface area contributed by atoms with Crippen molar-refractivity contribution in [2.45, 2.75) is 50.4 Å². The number of ether oxygens (including phenoxy) is 1. The summed E-state index contributed by atoms with van der Waals surface area (Å²) in [7, 11) is 0. The quantitative estimate of drug-likeness (QED) is 0.816. The van der Waals surface area contributed by atoms with E-state index in [4.69, 9.17) is 4.74 Å². The molecule has 17 heavy (non-hydrogen) atoms. The Morgan fingerprint density at radius 1 is 1.12 bits per heavy atom. The molecular weight excluding hydrogens is 232 g/mol. The number of rotatable bonds is 5. The van der Waals surface area contributed by atoms with Crippen molar-refractivity contribution in [3.05, 3.63) is 29.8 Å². The Morgan fingerprint density at radius 2 is 1.65 bits per heavy atom. The topological polar surface area (TPSA) is 29.5 Å². The average Bonchev–Trinajstić information content (AvgIpc) is 2.25. The molecule has 0 bridgehead atoms. The maximum atomic E-state index is 9.98. The van der Waals surface area contributed by atoms with Gasteiger partial charge in [-0.25, -0.2) is 0 Å². The molecule has 1 aromatic carbocycles.